The number of nitrogens with zero attached hydrogens (tertiary/aromatic N) is 1. The smallest absolute Gasteiger partial charge is 0.217 e. The minimum atomic E-state index is 0.533. The van der Waals surface area contributed by atoms with Crippen LogP contribution in [0.5, 0.6) is 5.88 Å². The third-order valence-electron chi connectivity index (χ3n) is 2.07. The highest BCUT2D eigenvalue weighted by Crippen LogP contribution is 2.19. The average molecular weight is 303 g/mol. The summed E-state index contributed by atoms with van der Waals surface area (Å²) in [5.41, 5.74) is 1.04. The van der Waals surface area contributed by atoms with Crippen molar-refractivity contribution in [1.82, 2.24) is 10.3 Å². The number of aromatic nitrogens is 1. The third kappa shape index (κ3) is 5.48. The maximum Gasteiger partial charge on any atom is 0.217 e. The summed E-state index contributed by atoms with van der Waals surface area (Å²) in [6.07, 6.45) is 2.77. The van der Waals surface area contributed by atoms with Crippen molar-refractivity contribution in [3.63, 3.8) is 0 Å². The van der Waals surface area contributed by atoms with Crippen LogP contribution in [0.4, 0.5) is 0 Å². The number of rotatable bonds is 8. The van der Waals surface area contributed by atoms with Gasteiger partial charge in [0.15, 0.2) is 0 Å². The van der Waals surface area contributed by atoms with Gasteiger partial charge in [-0.1, -0.05) is 6.92 Å². The lowest BCUT2D eigenvalue weighted by atomic mass is 10.3. The molecule has 4 nitrogen and oxygen atoms in total. The molecule has 0 aliphatic rings. The van der Waals surface area contributed by atoms with E-state index in [1.807, 2.05) is 13.1 Å². The van der Waals surface area contributed by atoms with Crippen molar-refractivity contribution in [2.45, 2.75) is 19.9 Å². The molecule has 0 radical (unpaired) electrons. The predicted octanol–water partition coefficient (Wildman–Crippen LogP) is 2.37. The van der Waals surface area contributed by atoms with Crippen LogP contribution in [-0.2, 0) is 11.3 Å². The molecule has 0 bridgehead atoms. The first-order valence-electron chi connectivity index (χ1n) is 5.77. The lowest BCUT2D eigenvalue weighted by Crippen LogP contribution is -2.12. The van der Waals surface area contributed by atoms with E-state index in [4.69, 9.17) is 9.47 Å². The second-order valence-corrected chi connectivity index (χ2v) is 4.52. The average Bonchev–Trinajstić information content (AvgIpc) is 2.32. The third-order valence-corrected chi connectivity index (χ3v) is 2.51. The summed E-state index contributed by atoms with van der Waals surface area (Å²) in [5.74, 6) is 0.669. The molecule has 1 aromatic heterocycles. The van der Waals surface area contributed by atoms with Gasteiger partial charge in [-0.3, -0.25) is 0 Å². The maximum atomic E-state index is 5.59. The molecule has 0 aliphatic carbocycles. The van der Waals surface area contributed by atoms with Gasteiger partial charge in [-0.2, -0.15) is 0 Å². The standard InChI is InChI=1S/C12H19BrN2O2/c1-3-4-16-5-6-17-12-10(8-14-2)7-11(13)9-15-12/h7,9,14H,3-6,8H2,1-2H3. The number of ether oxygens (including phenoxy) is 2. The van der Waals surface area contributed by atoms with E-state index in [0.29, 0.717) is 19.1 Å². The summed E-state index contributed by atoms with van der Waals surface area (Å²) in [5, 5.41) is 3.09. The fraction of sp³-hybridized carbons (Fsp3) is 0.583. The van der Waals surface area contributed by atoms with Gasteiger partial charge in [0, 0.05) is 29.4 Å². The molecule has 0 saturated heterocycles. The Bertz CT molecular complexity index is 334. The fourth-order valence-electron chi connectivity index (χ4n) is 1.36. The molecule has 1 heterocycles. The molecular formula is C12H19BrN2O2. The quantitative estimate of drug-likeness (QED) is 0.749. The highest BCUT2D eigenvalue weighted by atomic mass is 79.9. The number of pyridine rings is 1. The van der Waals surface area contributed by atoms with Gasteiger partial charge >= 0.3 is 0 Å². The summed E-state index contributed by atoms with van der Waals surface area (Å²) < 4.78 is 11.9. The van der Waals surface area contributed by atoms with Crippen LogP contribution in [0.15, 0.2) is 16.7 Å². The maximum absolute atomic E-state index is 5.59. The van der Waals surface area contributed by atoms with Crippen LogP contribution in [-0.4, -0.2) is 31.9 Å². The predicted molar refractivity (Wildman–Crippen MR) is 71.3 cm³/mol. The first-order valence-corrected chi connectivity index (χ1v) is 6.56. The topological polar surface area (TPSA) is 43.4 Å². The molecule has 17 heavy (non-hydrogen) atoms. The van der Waals surface area contributed by atoms with Crippen LogP contribution in [0.2, 0.25) is 0 Å². The van der Waals surface area contributed by atoms with Crippen LogP contribution in [0, 0.1) is 0 Å². The van der Waals surface area contributed by atoms with Crippen molar-refractivity contribution in [3.05, 3.63) is 22.3 Å². The van der Waals surface area contributed by atoms with Crippen LogP contribution in [0.25, 0.3) is 0 Å². The molecule has 0 spiro atoms. The van der Waals surface area contributed by atoms with Crippen LogP contribution in [0.1, 0.15) is 18.9 Å². The second kappa shape index (κ2) is 8.44. The van der Waals surface area contributed by atoms with Gasteiger partial charge in [0.05, 0.1) is 6.61 Å². The Labute approximate surface area is 111 Å². The van der Waals surface area contributed by atoms with Crippen molar-refractivity contribution >= 4 is 15.9 Å². The van der Waals surface area contributed by atoms with Crippen molar-refractivity contribution < 1.29 is 9.47 Å². The number of hydrogen-bond donors (Lipinski definition) is 1. The summed E-state index contributed by atoms with van der Waals surface area (Å²) in [6.45, 7) is 4.73. The van der Waals surface area contributed by atoms with E-state index in [1.54, 1.807) is 6.20 Å². The van der Waals surface area contributed by atoms with Crippen molar-refractivity contribution in [2.75, 3.05) is 26.9 Å². The number of halogens is 1. The molecule has 1 rings (SSSR count). The van der Waals surface area contributed by atoms with Crippen molar-refractivity contribution in [2.24, 2.45) is 0 Å². The monoisotopic (exact) mass is 302 g/mol. The Balaban J connectivity index is 2.45. The van der Waals surface area contributed by atoms with Gasteiger partial charge in [0.25, 0.3) is 0 Å². The van der Waals surface area contributed by atoms with Crippen LogP contribution < -0.4 is 10.1 Å². The molecule has 96 valence electrons. The van der Waals surface area contributed by atoms with E-state index < -0.39 is 0 Å². The zero-order chi connectivity index (χ0) is 12.5. The highest BCUT2D eigenvalue weighted by molar-refractivity contribution is 9.10. The van der Waals surface area contributed by atoms with E-state index in [1.165, 1.54) is 0 Å². The van der Waals surface area contributed by atoms with E-state index in [9.17, 15) is 0 Å². The summed E-state index contributed by atoms with van der Waals surface area (Å²) in [7, 11) is 1.90. The van der Waals surface area contributed by atoms with Gasteiger partial charge in [0.2, 0.25) is 5.88 Å². The van der Waals surface area contributed by atoms with Gasteiger partial charge in [0.1, 0.15) is 6.61 Å². The summed E-state index contributed by atoms with van der Waals surface area (Å²) >= 11 is 3.40. The second-order valence-electron chi connectivity index (χ2n) is 3.61. The molecule has 5 heteroatoms. The molecule has 1 aromatic rings. The van der Waals surface area contributed by atoms with Gasteiger partial charge in [-0.25, -0.2) is 4.98 Å². The summed E-state index contributed by atoms with van der Waals surface area (Å²) in [4.78, 5) is 4.25. The van der Waals surface area contributed by atoms with Crippen molar-refractivity contribution in [3.8, 4) is 5.88 Å². The molecule has 0 saturated carbocycles. The highest BCUT2D eigenvalue weighted by Gasteiger charge is 2.05. The molecule has 0 fully saturated rings. The van der Waals surface area contributed by atoms with E-state index in [2.05, 4.69) is 33.2 Å². The normalized spacial score (nSPS) is 10.5. The van der Waals surface area contributed by atoms with Crippen LogP contribution >= 0.6 is 15.9 Å². The van der Waals surface area contributed by atoms with E-state index >= 15 is 0 Å². The minimum absolute atomic E-state index is 0.533. The molecule has 1 N–H and O–H groups in total. The zero-order valence-electron chi connectivity index (χ0n) is 10.3. The molecule has 0 amide bonds. The Morgan fingerprint density at radius 1 is 1.35 bits per heavy atom. The molecule has 0 aromatic carbocycles. The first kappa shape index (κ1) is 14.4. The first-order chi connectivity index (χ1) is 8.27. The zero-order valence-corrected chi connectivity index (χ0v) is 11.9. The number of nitrogens with one attached hydrogen (secondary N) is 1. The largest absolute Gasteiger partial charge is 0.475 e. The Kier molecular flexibility index (Phi) is 7.16. The minimum Gasteiger partial charge on any atom is -0.475 e. The Morgan fingerprint density at radius 3 is 2.88 bits per heavy atom. The van der Waals surface area contributed by atoms with Gasteiger partial charge in [-0.05, 0) is 35.5 Å². The molecule has 0 unspecified atom stereocenters. The lowest BCUT2D eigenvalue weighted by molar-refractivity contribution is 0.0986. The molecule has 0 aliphatic heterocycles. The van der Waals surface area contributed by atoms with E-state index in [-0.39, 0.29) is 0 Å². The van der Waals surface area contributed by atoms with Crippen molar-refractivity contribution in [1.29, 1.82) is 0 Å². The number of hydrogen-bond acceptors (Lipinski definition) is 4. The fourth-order valence-corrected chi connectivity index (χ4v) is 1.74. The summed E-state index contributed by atoms with van der Waals surface area (Å²) in [6, 6.07) is 2.01. The Morgan fingerprint density at radius 2 is 2.18 bits per heavy atom. The molecular weight excluding hydrogens is 284 g/mol. The van der Waals surface area contributed by atoms with Gasteiger partial charge < -0.3 is 14.8 Å². The lowest BCUT2D eigenvalue weighted by Gasteiger charge is -2.10. The Hall–Kier alpha value is -0.650. The van der Waals surface area contributed by atoms with E-state index in [0.717, 1.165) is 29.6 Å². The molecule has 0 atom stereocenters. The van der Waals surface area contributed by atoms with Crippen LogP contribution in [0.3, 0.4) is 0 Å². The van der Waals surface area contributed by atoms with Gasteiger partial charge in [-0.15, -0.1) is 0 Å². The SMILES string of the molecule is CCCOCCOc1ncc(Br)cc1CNC.